The van der Waals surface area contributed by atoms with E-state index in [1.165, 1.54) is 62.6 Å². The van der Waals surface area contributed by atoms with Gasteiger partial charge < -0.3 is 5.11 Å². The molecule has 0 amide bonds. The first-order chi connectivity index (χ1) is 25.2. The van der Waals surface area contributed by atoms with Gasteiger partial charge in [0.25, 0.3) is 0 Å². The average Bonchev–Trinajstić information content (AvgIpc) is 3.76. The molecule has 6 aromatic carbocycles. The van der Waals surface area contributed by atoms with Crippen molar-refractivity contribution >= 4 is 68.6 Å². The van der Waals surface area contributed by atoms with Crippen LogP contribution in [0.3, 0.4) is 0 Å². The van der Waals surface area contributed by atoms with Gasteiger partial charge in [0.05, 0.1) is 18.5 Å². The first-order valence-electron chi connectivity index (χ1n) is 17.5. The van der Waals surface area contributed by atoms with E-state index >= 15 is 0 Å². The van der Waals surface area contributed by atoms with E-state index in [9.17, 15) is 5.11 Å². The Morgan fingerprint density at radius 3 is 2.06 bits per heavy atom. The molecule has 4 nitrogen and oxygen atoms in total. The van der Waals surface area contributed by atoms with Crippen LogP contribution in [0.4, 0.5) is 0 Å². The predicted octanol–water partition coefficient (Wildman–Crippen LogP) is 11.4. The van der Waals surface area contributed by atoms with Crippen LogP contribution in [0.5, 0.6) is 0 Å². The van der Waals surface area contributed by atoms with Gasteiger partial charge in [0.2, 0.25) is 0 Å². The Bertz CT molecular complexity index is 2640. The van der Waals surface area contributed by atoms with Gasteiger partial charge >= 0.3 is 0 Å². The zero-order valence-corrected chi connectivity index (χ0v) is 29.3. The summed E-state index contributed by atoms with van der Waals surface area (Å²) in [5.74, 6) is 0.491. The van der Waals surface area contributed by atoms with Crippen LogP contribution >= 0.6 is 22.7 Å². The number of nitrogens with one attached hydrogen (secondary N) is 3. The fraction of sp³-hybridized carbons (Fsp3) is 0.111. The third-order valence-corrected chi connectivity index (χ3v) is 12.8. The van der Waals surface area contributed by atoms with E-state index in [4.69, 9.17) is 0 Å². The molecule has 1 aliphatic heterocycles. The Morgan fingerprint density at radius 1 is 0.529 bits per heavy atom. The van der Waals surface area contributed by atoms with Gasteiger partial charge in [-0.2, -0.15) is 0 Å². The van der Waals surface area contributed by atoms with E-state index in [-0.39, 0.29) is 24.4 Å². The van der Waals surface area contributed by atoms with E-state index in [1.807, 2.05) is 46.9 Å². The smallest absolute Gasteiger partial charge is 0.119 e. The molecule has 4 unspecified atom stereocenters. The molecule has 8 aromatic rings. The van der Waals surface area contributed by atoms with Gasteiger partial charge in [0, 0.05) is 51.8 Å². The summed E-state index contributed by atoms with van der Waals surface area (Å²) in [5.41, 5.74) is 7.00. The highest BCUT2D eigenvalue weighted by molar-refractivity contribution is 7.26. The maximum atomic E-state index is 10.9. The van der Waals surface area contributed by atoms with Crippen molar-refractivity contribution in [3.05, 3.63) is 174 Å². The topological polar surface area (TPSA) is 56.3 Å². The van der Waals surface area contributed by atoms with Crippen molar-refractivity contribution in [2.75, 3.05) is 0 Å². The van der Waals surface area contributed by atoms with Crippen LogP contribution in [0.15, 0.2) is 157 Å². The summed E-state index contributed by atoms with van der Waals surface area (Å²) in [7, 11) is 0. The minimum Gasteiger partial charge on any atom is -0.508 e. The van der Waals surface area contributed by atoms with Gasteiger partial charge in [0.1, 0.15) is 5.76 Å². The highest BCUT2D eigenvalue weighted by Gasteiger charge is 2.34. The van der Waals surface area contributed by atoms with Gasteiger partial charge in [-0.15, -0.1) is 22.7 Å². The van der Waals surface area contributed by atoms with Crippen molar-refractivity contribution in [2.24, 2.45) is 5.92 Å². The van der Waals surface area contributed by atoms with Crippen LogP contribution in [0.25, 0.3) is 57.0 Å². The number of hydrogen-bond donors (Lipinski definition) is 4. The summed E-state index contributed by atoms with van der Waals surface area (Å²) in [6, 6.07) is 50.2. The van der Waals surface area contributed by atoms with Crippen LogP contribution in [-0.2, 0) is 0 Å². The zero-order chi connectivity index (χ0) is 33.9. The van der Waals surface area contributed by atoms with Gasteiger partial charge in [-0.25, -0.2) is 0 Å². The first-order valence-corrected chi connectivity index (χ1v) is 19.2. The Morgan fingerprint density at radius 2 is 1.22 bits per heavy atom. The highest BCUT2D eigenvalue weighted by Crippen LogP contribution is 2.43. The lowest BCUT2D eigenvalue weighted by Gasteiger charge is -2.42. The second-order valence-electron chi connectivity index (χ2n) is 13.6. The minimum atomic E-state index is -0.0785. The molecule has 1 fully saturated rings. The van der Waals surface area contributed by atoms with Crippen molar-refractivity contribution < 1.29 is 5.11 Å². The molecule has 1 aliphatic carbocycles. The molecule has 4 atom stereocenters. The van der Waals surface area contributed by atoms with Gasteiger partial charge in [0.15, 0.2) is 0 Å². The number of fused-ring (bicyclic) bond motifs is 6. The van der Waals surface area contributed by atoms with Crippen LogP contribution in [0, 0.1) is 5.92 Å². The normalized spacial score (nSPS) is 20.9. The Labute approximate surface area is 304 Å². The second-order valence-corrected chi connectivity index (χ2v) is 15.7. The summed E-state index contributed by atoms with van der Waals surface area (Å²) in [6.07, 6.45) is 4.59. The fourth-order valence-corrected chi connectivity index (χ4v) is 10.4. The quantitative estimate of drug-likeness (QED) is 0.145. The lowest BCUT2D eigenvalue weighted by molar-refractivity contribution is 0.170. The molecule has 1 saturated heterocycles. The molecule has 0 saturated carbocycles. The van der Waals surface area contributed by atoms with Gasteiger partial charge in [-0.3, -0.25) is 16.0 Å². The highest BCUT2D eigenvalue weighted by atomic mass is 32.1. The Balaban J connectivity index is 0.993. The summed E-state index contributed by atoms with van der Waals surface area (Å²) >= 11 is 3.75. The Kier molecular flexibility index (Phi) is 7.59. The SMILES string of the molecule is OC1=C(c2ccccc2)CC(C2NC(c3ccccc3)NC(c3ccc4c(c3)sc3cc(-c5cccc6c5sc5ccccc56)ccc34)N2)C=C1. The summed E-state index contributed by atoms with van der Waals surface area (Å²) < 4.78 is 5.27. The van der Waals surface area contributed by atoms with Crippen molar-refractivity contribution in [3.63, 3.8) is 0 Å². The number of aliphatic hydroxyl groups is 1. The molecule has 10 rings (SSSR count). The number of aliphatic hydroxyl groups excluding tert-OH is 1. The van der Waals surface area contributed by atoms with Gasteiger partial charge in [-0.1, -0.05) is 127 Å². The average molecular weight is 698 g/mol. The number of allylic oxidation sites excluding steroid dienone is 2. The van der Waals surface area contributed by atoms with E-state index in [1.54, 1.807) is 0 Å². The van der Waals surface area contributed by atoms with Crippen molar-refractivity contribution in [1.29, 1.82) is 0 Å². The lowest BCUT2D eigenvalue weighted by Crippen LogP contribution is -2.61. The third-order valence-electron chi connectivity index (χ3n) is 10.5. The number of thiophene rings is 2. The van der Waals surface area contributed by atoms with Crippen LogP contribution in [0.1, 0.15) is 35.4 Å². The molecule has 4 N–H and O–H groups in total. The fourth-order valence-electron chi connectivity index (χ4n) is 7.92. The summed E-state index contributed by atoms with van der Waals surface area (Å²) in [4.78, 5) is 0. The maximum absolute atomic E-state index is 10.9. The summed E-state index contributed by atoms with van der Waals surface area (Å²) in [5, 5.41) is 27.7. The second kappa shape index (κ2) is 12.6. The lowest BCUT2D eigenvalue weighted by atomic mass is 9.86. The van der Waals surface area contributed by atoms with E-state index in [0.717, 1.165) is 17.6 Å². The van der Waals surface area contributed by atoms with Crippen molar-refractivity contribution in [1.82, 2.24) is 16.0 Å². The monoisotopic (exact) mass is 697 g/mol. The number of benzene rings is 6. The molecule has 51 heavy (non-hydrogen) atoms. The molecule has 6 heteroatoms. The molecular weight excluding hydrogens is 663 g/mol. The summed E-state index contributed by atoms with van der Waals surface area (Å²) in [6.45, 7) is 0. The van der Waals surface area contributed by atoms with Crippen LogP contribution in [0.2, 0.25) is 0 Å². The predicted molar refractivity (Wildman–Crippen MR) is 216 cm³/mol. The molecule has 2 aliphatic rings. The van der Waals surface area contributed by atoms with Gasteiger partial charge in [-0.05, 0) is 58.5 Å². The van der Waals surface area contributed by atoms with E-state index in [0.29, 0.717) is 5.76 Å². The molecule has 248 valence electrons. The standard InChI is InChI=1S/C45H35N3OS2/c49-38-23-20-30(24-37(38)27-10-3-1-4-11-27)44-46-43(28-12-5-2-6-13-28)47-45(48-44)31-19-22-35-34-21-18-29(25-40(34)50-41(35)26-31)32-15-9-16-36-33-14-7-8-17-39(33)51-42(32)36/h1-23,25-26,30,43-49H,24H2. The molecular formula is C45H35N3OS2. The van der Waals surface area contributed by atoms with Crippen LogP contribution < -0.4 is 16.0 Å². The van der Waals surface area contributed by atoms with Crippen molar-refractivity contribution in [2.45, 2.75) is 24.9 Å². The van der Waals surface area contributed by atoms with Crippen molar-refractivity contribution in [3.8, 4) is 11.1 Å². The molecule has 0 radical (unpaired) electrons. The first kappa shape index (κ1) is 30.7. The maximum Gasteiger partial charge on any atom is 0.119 e. The zero-order valence-electron chi connectivity index (χ0n) is 27.7. The van der Waals surface area contributed by atoms with Crippen LogP contribution in [-0.4, -0.2) is 11.3 Å². The molecule has 0 bridgehead atoms. The van der Waals surface area contributed by atoms with E-state index in [2.05, 4.69) is 143 Å². The molecule has 0 spiro atoms. The molecule has 3 heterocycles. The number of hydrogen-bond acceptors (Lipinski definition) is 6. The molecule has 2 aromatic heterocycles. The minimum absolute atomic E-state index is 0.0261. The largest absolute Gasteiger partial charge is 0.508 e. The Hall–Kier alpha value is -5.08. The van der Waals surface area contributed by atoms with E-state index < -0.39 is 0 Å². The third kappa shape index (κ3) is 5.48. The number of rotatable bonds is 5.